The van der Waals surface area contributed by atoms with E-state index in [9.17, 15) is 5.11 Å². The predicted octanol–water partition coefficient (Wildman–Crippen LogP) is 1.81. The van der Waals surface area contributed by atoms with Gasteiger partial charge in [-0.05, 0) is 49.9 Å². The van der Waals surface area contributed by atoms with Gasteiger partial charge in [-0.1, -0.05) is 12.1 Å². The number of aliphatic hydroxyl groups is 1. The van der Waals surface area contributed by atoms with Crippen molar-refractivity contribution in [3.63, 3.8) is 0 Å². The number of benzene rings is 1. The van der Waals surface area contributed by atoms with Crippen molar-refractivity contribution in [3.8, 4) is 0 Å². The minimum atomic E-state index is -0.0878. The third-order valence-electron chi connectivity index (χ3n) is 4.51. The lowest BCUT2D eigenvalue weighted by Gasteiger charge is -2.21. The Bertz CT molecular complexity index is 446. The zero-order valence-electron chi connectivity index (χ0n) is 11.8. The molecule has 0 aliphatic carbocycles. The van der Waals surface area contributed by atoms with E-state index in [0.717, 1.165) is 32.6 Å². The first-order chi connectivity index (χ1) is 9.24. The second-order valence-corrected chi connectivity index (χ2v) is 5.91. The lowest BCUT2D eigenvalue weighted by atomic mass is 10.1. The third kappa shape index (κ3) is 2.77. The molecule has 1 unspecified atom stereocenters. The van der Waals surface area contributed by atoms with E-state index in [2.05, 4.69) is 34.9 Å². The highest BCUT2D eigenvalue weighted by atomic mass is 16.3. The molecule has 1 aromatic rings. The molecule has 0 saturated carbocycles. The summed E-state index contributed by atoms with van der Waals surface area (Å²) < 4.78 is 0. The summed E-state index contributed by atoms with van der Waals surface area (Å²) in [5, 5.41) is 9.52. The van der Waals surface area contributed by atoms with Crippen molar-refractivity contribution in [2.24, 2.45) is 0 Å². The van der Waals surface area contributed by atoms with E-state index in [-0.39, 0.29) is 6.10 Å². The van der Waals surface area contributed by atoms with E-state index in [0.29, 0.717) is 0 Å². The fourth-order valence-corrected chi connectivity index (χ4v) is 3.41. The molecule has 2 heterocycles. The van der Waals surface area contributed by atoms with Crippen LogP contribution in [-0.2, 0) is 6.42 Å². The van der Waals surface area contributed by atoms with Crippen molar-refractivity contribution in [1.29, 1.82) is 0 Å². The Morgan fingerprint density at radius 3 is 2.95 bits per heavy atom. The third-order valence-corrected chi connectivity index (χ3v) is 4.51. The van der Waals surface area contributed by atoms with Gasteiger partial charge in [0.2, 0.25) is 0 Å². The molecule has 1 N–H and O–H groups in total. The van der Waals surface area contributed by atoms with Crippen LogP contribution >= 0.6 is 0 Å². The molecule has 3 heteroatoms. The van der Waals surface area contributed by atoms with E-state index in [1.807, 2.05) is 0 Å². The van der Waals surface area contributed by atoms with Crippen LogP contribution in [0.4, 0.5) is 5.69 Å². The molecule has 0 bridgehead atoms. The molecule has 2 aliphatic rings. The molecule has 0 spiro atoms. The Morgan fingerprint density at radius 2 is 2.16 bits per heavy atom. The number of rotatable bonds is 4. The molecule has 1 fully saturated rings. The molecule has 3 nitrogen and oxygen atoms in total. The second-order valence-electron chi connectivity index (χ2n) is 5.91. The van der Waals surface area contributed by atoms with Gasteiger partial charge in [0.1, 0.15) is 0 Å². The van der Waals surface area contributed by atoms with Crippen LogP contribution in [0.1, 0.15) is 24.0 Å². The monoisotopic (exact) mass is 260 g/mol. The average Bonchev–Trinajstić information content (AvgIpc) is 2.98. The summed E-state index contributed by atoms with van der Waals surface area (Å²) in [4.78, 5) is 4.91. The number of fused-ring (bicyclic) bond motifs is 1. The van der Waals surface area contributed by atoms with Gasteiger partial charge in [0.15, 0.2) is 0 Å². The van der Waals surface area contributed by atoms with Gasteiger partial charge in [-0.15, -0.1) is 0 Å². The number of nitrogens with zero attached hydrogens (tertiary/aromatic N) is 2. The summed E-state index contributed by atoms with van der Waals surface area (Å²) in [6.07, 6.45) is 3.26. The molecule has 0 radical (unpaired) electrons. The maximum atomic E-state index is 9.52. The van der Waals surface area contributed by atoms with Crippen LogP contribution in [0.5, 0.6) is 0 Å². The Kier molecular flexibility index (Phi) is 3.76. The number of likely N-dealkylation sites (tertiary alicyclic amines) is 1. The van der Waals surface area contributed by atoms with E-state index >= 15 is 0 Å². The molecular formula is C16H24N2O. The molecule has 19 heavy (non-hydrogen) atoms. The summed E-state index contributed by atoms with van der Waals surface area (Å²) in [6, 6.07) is 6.65. The molecule has 1 saturated heterocycles. The van der Waals surface area contributed by atoms with Gasteiger partial charge in [-0.2, -0.15) is 0 Å². The summed E-state index contributed by atoms with van der Waals surface area (Å²) in [7, 11) is 0. The number of hydrogen-bond acceptors (Lipinski definition) is 3. The minimum Gasteiger partial charge on any atom is -0.392 e. The van der Waals surface area contributed by atoms with Gasteiger partial charge in [-0.25, -0.2) is 0 Å². The second kappa shape index (κ2) is 5.51. The van der Waals surface area contributed by atoms with Crippen LogP contribution in [0, 0.1) is 6.92 Å². The van der Waals surface area contributed by atoms with Gasteiger partial charge in [0.25, 0.3) is 0 Å². The quantitative estimate of drug-likeness (QED) is 0.894. The summed E-state index contributed by atoms with van der Waals surface area (Å²) in [5.74, 6) is 0. The van der Waals surface area contributed by atoms with Crippen LogP contribution in [0.3, 0.4) is 0 Å². The van der Waals surface area contributed by atoms with Crippen molar-refractivity contribution in [2.75, 3.05) is 37.6 Å². The van der Waals surface area contributed by atoms with Crippen molar-refractivity contribution in [1.82, 2.24) is 4.90 Å². The zero-order valence-corrected chi connectivity index (χ0v) is 11.8. The fourth-order valence-electron chi connectivity index (χ4n) is 3.41. The number of aliphatic hydroxyl groups excluding tert-OH is 1. The number of aryl methyl sites for hydroxylation is 1. The molecule has 1 atom stereocenters. The standard InChI is InChI=1S/C16H24N2O/c1-13-4-2-5-16-15(13)7-11-18(16)9-3-8-17-10-6-14(19)12-17/h2,4-5,14,19H,3,6-12H2,1H3. The van der Waals surface area contributed by atoms with Gasteiger partial charge in [0, 0.05) is 31.9 Å². The van der Waals surface area contributed by atoms with Crippen molar-refractivity contribution < 1.29 is 5.11 Å². The number of hydrogen-bond donors (Lipinski definition) is 1. The van der Waals surface area contributed by atoms with Crippen LogP contribution in [0.15, 0.2) is 18.2 Å². The molecular weight excluding hydrogens is 236 g/mol. The molecule has 0 amide bonds. The van der Waals surface area contributed by atoms with Gasteiger partial charge in [0.05, 0.1) is 6.10 Å². The Hall–Kier alpha value is -1.06. The lowest BCUT2D eigenvalue weighted by molar-refractivity contribution is 0.176. The van der Waals surface area contributed by atoms with Crippen LogP contribution in [0.2, 0.25) is 0 Å². The highest BCUT2D eigenvalue weighted by molar-refractivity contribution is 5.60. The van der Waals surface area contributed by atoms with Gasteiger partial charge < -0.3 is 14.9 Å². The Labute approximate surface area is 115 Å². The normalized spacial score (nSPS) is 23.1. The fraction of sp³-hybridized carbons (Fsp3) is 0.625. The lowest BCUT2D eigenvalue weighted by Crippen LogP contribution is -2.28. The first-order valence-electron chi connectivity index (χ1n) is 7.48. The minimum absolute atomic E-state index is 0.0878. The molecule has 2 aliphatic heterocycles. The number of anilines is 1. The SMILES string of the molecule is Cc1cccc2c1CCN2CCCN1CCC(O)C1. The highest BCUT2D eigenvalue weighted by Crippen LogP contribution is 2.30. The van der Waals surface area contributed by atoms with E-state index in [4.69, 9.17) is 0 Å². The first kappa shape index (κ1) is 12.9. The molecule has 1 aromatic carbocycles. The summed E-state index contributed by atoms with van der Waals surface area (Å²) in [6.45, 7) is 7.58. The van der Waals surface area contributed by atoms with Crippen molar-refractivity contribution in [3.05, 3.63) is 29.3 Å². The van der Waals surface area contributed by atoms with Crippen LogP contribution < -0.4 is 4.90 Å². The average molecular weight is 260 g/mol. The zero-order chi connectivity index (χ0) is 13.2. The van der Waals surface area contributed by atoms with Gasteiger partial charge in [-0.3, -0.25) is 0 Å². The van der Waals surface area contributed by atoms with Crippen LogP contribution in [0.25, 0.3) is 0 Å². The van der Waals surface area contributed by atoms with Gasteiger partial charge >= 0.3 is 0 Å². The molecule has 104 valence electrons. The molecule has 0 aromatic heterocycles. The maximum Gasteiger partial charge on any atom is 0.0679 e. The topological polar surface area (TPSA) is 26.7 Å². The maximum absolute atomic E-state index is 9.52. The smallest absolute Gasteiger partial charge is 0.0679 e. The van der Waals surface area contributed by atoms with E-state index in [1.54, 1.807) is 5.56 Å². The largest absolute Gasteiger partial charge is 0.392 e. The number of β-amino-alcohol motifs (C(OH)–C–C–N with tert-alkyl or cyclic N) is 1. The Morgan fingerprint density at radius 1 is 1.26 bits per heavy atom. The highest BCUT2D eigenvalue weighted by Gasteiger charge is 2.22. The van der Waals surface area contributed by atoms with Crippen LogP contribution in [-0.4, -0.2) is 48.8 Å². The Balaban J connectivity index is 1.51. The summed E-state index contributed by atoms with van der Waals surface area (Å²) in [5.41, 5.74) is 4.42. The summed E-state index contributed by atoms with van der Waals surface area (Å²) >= 11 is 0. The van der Waals surface area contributed by atoms with E-state index < -0.39 is 0 Å². The van der Waals surface area contributed by atoms with Crippen molar-refractivity contribution >= 4 is 5.69 Å². The molecule has 3 rings (SSSR count). The predicted molar refractivity (Wildman–Crippen MR) is 78.8 cm³/mol. The first-order valence-corrected chi connectivity index (χ1v) is 7.48. The van der Waals surface area contributed by atoms with Crippen molar-refractivity contribution in [2.45, 2.75) is 32.3 Å². The van der Waals surface area contributed by atoms with E-state index in [1.165, 1.54) is 30.6 Å².